The van der Waals surface area contributed by atoms with E-state index in [1.807, 2.05) is 30.3 Å². The molecule has 30 heavy (non-hydrogen) atoms. The minimum absolute atomic E-state index is 0.209. The summed E-state index contributed by atoms with van der Waals surface area (Å²) in [4.78, 5) is 4.65. The molecule has 1 heterocycles. The van der Waals surface area contributed by atoms with Crippen molar-refractivity contribution >= 4 is 27.4 Å². The van der Waals surface area contributed by atoms with Gasteiger partial charge < -0.3 is 14.8 Å². The summed E-state index contributed by atoms with van der Waals surface area (Å²) in [6, 6.07) is 23.4. The van der Waals surface area contributed by atoms with Crippen LogP contribution in [0.2, 0.25) is 0 Å². The Hall–Kier alpha value is -3.52. The summed E-state index contributed by atoms with van der Waals surface area (Å²) in [6.45, 7) is 1.30. The first-order valence-electron chi connectivity index (χ1n) is 9.44. The molecule has 0 spiro atoms. The minimum Gasteiger partial charge on any atom is -0.492 e. The van der Waals surface area contributed by atoms with E-state index >= 15 is 0 Å². The number of ether oxygens (including phenoxy) is 2. The molecule has 3 aromatic rings. The zero-order valence-electron chi connectivity index (χ0n) is 16.1. The van der Waals surface area contributed by atoms with Crippen molar-refractivity contribution in [2.24, 2.45) is 4.99 Å². The topological polar surface area (TPSA) is 89.0 Å². The van der Waals surface area contributed by atoms with Crippen LogP contribution in [0.25, 0.3) is 0 Å². The Kier molecular flexibility index (Phi) is 5.85. The summed E-state index contributed by atoms with van der Waals surface area (Å²) >= 11 is 0. The number of amidine groups is 1. The summed E-state index contributed by atoms with van der Waals surface area (Å²) in [7, 11) is -3.64. The number of aliphatic imine (C=N–C) groups is 1. The molecule has 0 aromatic heterocycles. The van der Waals surface area contributed by atoms with Gasteiger partial charge in [-0.05, 0) is 42.5 Å². The van der Waals surface area contributed by atoms with Gasteiger partial charge in [0.05, 0.1) is 17.1 Å². The lowest BCUT2D eigenvalue weighted by atomic mass is 10.1. The van der Waals surface area contributed by atoms with Crippen molar-refractivity contribution in [2.75, 3.05) is 17.9 Å². The Labute approximate surface area is 175 Å². The normalized spacial score (nSPS) is 12.9. The summed E-state index contributed by atoms with van der Waals surface area (Å²) in [6.07, 6.45) is 0. The van der Waals surface area contributed by atoms with Crippen molar-refractivity contribution in [3.05, 3.63) is 84.4 Å². The van der Waals surface area contributed by atoms with Crippen molar-refractivity contribution in [3.8, 4) is 5.75 Å². The average molecular weight is 423 g/mol. The third kappa shape index (κ3) is 4.90. The van der Waals surface area contributed by atoms with Crippen LogP contribution in [0.4, 0.5) is 11.4 Å². The Balaban J connectivity index is 1.36. The van der Waals surface area contributed by atoms with E-state index in [9.17, 15) is 8.42 Å². The number of sulfonamides is 1. The number of anilines is 1. The molecule has 0 unspecified atom stereocenters. The summed E-state index contributed by atoms with van der Waals surface area (Å²) in [5.41, 5.74) is 1.99. The number of nitrogens with one attached hydrogen (secondary N) is 2. The summed E-state index contributed by atoms with van der Waals surface area (Å²) in [5.74, 6) is 0.807. The molecule has 0 aliphatic carbocycles. The van der Waals surface area contributed by atoms with Gasteiger partial charge in [0.1, 0.15) is 19.0 Å². The molecule has 154 valence electrons. The maximum atomic E-state index is 12.5. The predicted octanol–water partition coefficient (Wildman–Crippen LogP) is 3.67. The molecule has 3 aromatic carbocycles. The van der Waals surface area contributed by atoms with Gasteiger partial charge in [-0.3, -0.25) is 4.72 Å². The predicted molar refractivity (Wildman–Crippen MR) is 116 cm³/mol. The largest absolute Gasteiger partial charge is 0.492 e. The molecule has 2 N–H and O–H groups in total. The van der Waals surface area contributed by atoms with Crippen molar-refractivity contribution < 1.29 is 17.9 Å². The minimum atomic E-state index is -3.64. The van der Waals surface area contributed by atoms with Gasteiger partial charge in [0.15, 0.2) is 0 Å². The van der Waals surface area contributed by atoms with E-state index in [0.29, 0.717) is 31.5 Å². The number of nitrogens with zero attached hydrogens (tertiary/aromatic N) is 1. The molecule has 0 atom stereocenters. The van der Waals surface area contributed by atoms with Crippen LogP contribution in [-0.2, 0) is 21.4 Å². The van der Waals surface area contributed by atoms with Crippen LogP contribution in [0.3, 0.4) is 0 Å². The molecule has 0 amide bonds. The van der Waals surface area contributed by atoms with Crippen LogP contribution in [0.1, 0.15) is 5.56 Å². The quantitative estimate of drug-likeness (QED) is 0.566. The summed E-state index contributed by atoms with van der Waals surface area (Å²) < 4.78 is 38.8. The van der Waals surface area contributed by atoms with Crippen LogP contribution in [-0.4, -0.2) is 27.6 Å². The molecule has 1 aliphatic rings. The summed E-state index contributed by atoms with van der Waals surface area (Å²) in [5, 5.41) is 3.10. The van der Waals surface area contributed by atoms with Crippen molar-refractivity contribution in [2.45, 2.75) is 11.5 Å². The molecule has 0 bridgehead atoms. The van der Waals surface area contributed by atoms with Crippen molar-refractivity contribution in [1.29, 1.82) is 0 Å². The second-order valence-corrected chi connectivity index (χ2v) is 8.24. The average Bonchev–Trinajstić information content (AvgIpc) is 2.78. The van der Waals surface area contributed by atoms with Crippen LogP contribution in [0.15, 0.2) is 88.8 Å². The first-order chi connectivity index (χ1) is 14.6. The fraction of sp³-hybridized carbons (Fsp3) is 0.136. The fourth-order valence-electron chi connectivity index (χ4n) is 2.91. The standard InChI is InChI=1S/C22H21N3O4S/c26-30(27,20-9-5-2-6-10-20)25-18-11-12-21-17(15-18)16-29-22(24-21)23-13-14-28-19-7-3-1-4-8-19/h1-12,15,25H,13-14,16H2,(H,23,24). The van der Waals surface area contributed by atoms with Crippen LogP contribution in [0.5, 0.6) is 5.75 Å². The molecular formula is C22H21N3O4S. The maximum absolute atomic E-state index is 12.5. The van der Waals surface area contributed by atoms with E-state index in [1.54, 1.807) is 48.5 Å². The zero-order chi connectivity index (χ0) is 20.8. The highest BCUT2D eigenvalue weighted by Crippen LogP contribution is 2.28. The second-order valence-electron chi connectivity index (χ2n) is 6.56. The fourth-order valence-corrected chi connectivity index (χ4v) is 3.98. The number of rotatable bonds is 7. The molecule has 1 aliphatic heterocycles. The van der Waals surface area contributed by atoms with Gasteiger partial charge in [-0.1, -0.05) is 36.4 Å². The first kappa shape index (κ1) is 19.8. The van der Waals surface area contributed by atoms with Gasteiger partial charge in [-0.2, -0.15) is 4.99 Å². The lowest BCUT2D eigenvalue weighted by Gasteiger charge is -2.19. The highest BCUT2D eigenvalue weighted by molar-refractivity contribution is 7.92. The van der Waals surface area contributed by atoms with Crippen molar-refractivity contribution in [1.82, 2.24) is 5.32 Å². The third-order valence-electron chi connectivity index (χ3n) is 4.36. The van der Waals surface area contributed by atoms with Crippen LogP contribution in [0, 0.1) is 0 Å². The van der Waals surface area contributed by atoms with Gasteiger partial charge in [0.25, 0.3) is 16.0 Å². The second kappa shape index (κ2) is 8.87. The van der Waals surface area contributed by atoms with Crippen LogP contribution < -0.4 is 14.8 Å². The SMILES string of the molecule is O=S(=O)(Nc1ccc2c(c1)COC(NCCOc1ccccc1)=N2)c1ccccc1. The first-order valence-corrected chi connectivity index (χ1v) is 10.9. The van der Waals surface area contributed by atoms with Crippen LogP contribution >= 0.6 is 0 Å². The van der Waals surface area contributed by atoms with Gasteiger partial charge in [0, 0.05) is 11.3 Å². The number of hydrogen-bond donors (Lipinski definition) is 2. The number of benzene rings is 3. The number of hydrogen-bond acceptors (Lipinski definition) is 6. The lowest BCUT2D eigenvalue weighted by molar-refractivity contribution is 0.263. The Morgan fingerprint density at radius 2 is 1.70 bits per heavy atom. The molecule has 0 saturated carbocycles. The van der Waals surface area contributed by atoms with E-state index in [-0.39, 0.29) is 4.90 Å². The van der Waals surface area contributed by atoms with Gasteiger partial charge in [-0.25, -0.2) is 8.42 Å². The highest BCUT2D eigenvalue weighted by Gasteiger charge is 2.17. The number of para-hydroxylation sites is 1. The van der Waals surface area contributed by atoms with E-state index in [0.717, 1.165) is 17.0 Å². The van der Waals surface area contributed by atoms with Gasteiger partial charge >= 0.3 is 0 Å². The van der Waals surface area contributed by atoms with E-state index in [2.05, 4.69) is 15.0 Å². The van der Waals surface area contributed by atoms with E-state index in [1.165, 1.54) is 0 Å². The van der Waals surface area contributed by atoms with E-state index in [4.69, 9.17) is 9.47 Å². The molecule has 0 radical (unpaired) electrons. The Bertz CT molecular complexity index is 1130. The molecule has 0 saturated heterocycles. The molecule has 7 nitrogen and oxygen atoms in total. The monoisotopic (exact) mass is 423 g/mol. The maximum Gasteiger partial charge on any atom is 0.290 e. The number of fused-ring (bicyclic) bond motifs is 1. The molecular weight excluding hydrogens is 402 g/mol. The zero-order valence-corrected chi connectivity index (χ0v) is 16.9. The van der Waals surface area contributed by atoms with Gasteiger partial charge in [-0.15, -0.1) is 0 Å². The Morgan fingerprint density at radius 1 is 0.967 bits per heavy atom. The van der Waals surface area contributed by atoms with E-state index < -0.39 is 10.0 Å². The smallest absolute Gasteiger partial charge is 0.290 e. The Morgan fingerprint density at radius 3 is 2.47 bits per heavy atom. The highest BCUT2D eigenvalue weighted by atomic mass is 32.2. The molecule has 8 heteroatoms. The van der Waals surface area contributed by atoms with Crippen molar-refractivity contribution in [3.63, 3.8) is 0 Å². The molecule has 0 fully saturated rings. The lowest BCUT2D eigenvalue weighted by Crippen LogP contribution is -2.31. The third-order valence-corrected chi connectivity index (χ3v) is 5.76. The molecule has 4 rings (SSSR count). The van der Waals surface area contributed by atoms with Gasteiger partial charge in [0.2, 0.25) is 0 Å².